The summed E-state index contributed by atoms with van der Waals surface area (Å²) in [4.78, 5) is 12.0. The summed E-state index contributed by atoms with van der Waals surface area (Å²) < 4.78 is 0. The van der Waals surface area contributed by atoms with Gasteiger partial charge < -0.3 is 10.0 Å². The van der Waals surface area contributed by atoms with Crippen molar-refractivity contribution in [1.82, 2.24) is 4.90 Å². The number of rotatable bonds is 3. The van der Waals surface area contributed by atoms with E-state index >= 15 is 0 Å². The molecule has 14 heavy (non-hydrogen) atoms. The van der Waals surface area contributed by atoms with Crippen molar-refractivity contribution in [2.45, 2.75) is 13.5 Å². The Morgan fingerprint density at radius 3 is 2.43 bits per heavy atom. The summed E-state index contributed by atoms with van der Waals surface area (Å²) in [6.07, 6.45) is -0.901. The van der Waals surface area contributed by atoms with Gasteiger partial charge in [0.2, 0.25) is 0 Å². The normalized spacial score (nSPS) is 9.86. The van der Waals surface area contributed by atoms with Gasteiger partial charge >= 0.3 is 6.09 Å². The molecule has 0 aliphatic heterocycles. The average Bonchev–Trinajstić information content (AvgIpc) is 2.16. The van der Waals surface area contributed by atoms with Gasteiger partial charge in [-0.15, -0.1) is 0 Å². The Morgan fingerprint density at radius 2 is 2.00 bits per heavy atom. The highest BCUT2D eigenvalue weighted by molar-refractivity contribution is 6.30. The largest absolute Gasteiger partial charge is 0.465 e. The maximum absolute atomic E-state index is 10.7. The van der Waals surface area contributed by atoms with Gasteiger partial charge in [-0.3, -0.25) is 0 Å². The monoisotopic (exact) mass is 213 g/mol. The topological polar surface area (TPSA) is 40.5 Å². The number of nitrogens with zero attached hydrogens (tertiary/aromatic N) is 1. The number of benzene rings is 1. The SMILES string of the molecule is CCN(Cc1ccc(Cl)cc1)C(=O)O. The first-order valence-corrected chi connectivity index (χ1v) is 4.73. The number of amides is 1. The third-order valence-corrected chi connectivity index (χ3v) is 2.19. The van der Waals surface area contributed by atoms with Crippen LogP contribution in [0.15, 0.2) is 24.3 Å². The Balaban J connectivity index is 2.67. The Hall–Kier alpha value is -1.22. The number of carboxylic acid groups (broad SMARTS) is 1. The van der Waals surface area contributed by atoms with Crippen LogP contribution in [0.3, 0.4) is 0 Å². The molecule has 3 nitrogen and oxygen atoms in total. The third kappa shape index (κ3) is 2.92. The van der Waals surface area contributed by atoms with Crippen molar-refractivity contribution in [2.24, 2.45) is 0 Å². The van der Waals surface area contributed by atoms with Crippen molar-refractivity contribution in [3.63, 3.8) is 0 Å². The van der Waals surface area contributed by atoms with Crippen LogP contribution < -0.4 is 0 Å². The zero-order valence-electron chi connectivity index (χ0n) is 7.90. The molecular formula is C10H12ClNO2. The van der Waals surface area contributed by atoms with Crippen LogP contribution in [0.25, 0.3) is 0 Å². The van der Waals surface area contributed by atoms with E-state index in [0.29, 0.717) is 18.1 Å². The first-order valence-electron chi connectivity index (χ1n) is 4.35. The van der Waals surface area contributed by atoms with E-state index in [9.17, 15) is 4.79 Å². The minimum Gasteiger partial charge on any atom is -0.465 e. The quantitative estimate of drug-likeness (QED) is 0.839. The Morgan fingerprint density at radius 1 is 1.43 bits per heavy atom. The lowest BCUT2D eigenvalue weighted by molar-refractivity contribution is 0.145. The van der Waals surface area contributed by atoms with Gasteiger partial charge in [0, 0.05) is 18.1 Å². The molecule has 0 bridgehead atoms. The van der Waals surface area contributed by atoms with Crippen LogP contribution >= 0.6 is 11.6 Å². The molecule has 0 saturated heterocycles. The van der Waals surface area contributed by atoms with E-state index in [1.165, 1.54) is 4.90 Å². The molecule has 0 saturated carbocycles. The first-order chi connectivity index (χ1) is 6.63. The molecule has 1 aromatic carbocycles. The fraction of sp³-hybridized carbons (Fsp3) is 0.300. The number of hydrogen-bond donors (Lipinski definition) is 1. The molecule has 1 amide bonds. The molecule has 1 aromatic rings. The molecule has 0 radical (unpaired) electrons. The highest BCUT2D eigenvalue weighted by atomic mass is 35.5. The molecule has 0 fully saturated rings. The van der Waals surface area contributed by atoms with Crippen molar-refractivity contribution < 1.29 is 9.90 Å². The van der Waals surface area contributed by atoms with Crippen LogP contribution in [-0.4, -0.2) is 22.6 Å². The minimum absolute atomic E-state index is 0.406. The Kier molecular flexibility index (Phi) is 3.77. The minimum atomic E-state index is -0.901. The summed E-state index contributed by atoms with van der Waals surface area (Å²) in [6, 6.07) is 7.17. The van der Waals surface area contributed by atoms with E-state index in [2.05, 4.69) is 0 Å². The summed E-state index contributed by atoms with van der Waals surface area (Å²) in [5, 5.41) is 9.45. The smallest absolute Gasteiger partial charge is 0.407 e. The van der Waals surface area contributed by atoms with E-state index in [4.69, 9.17) is 16.7 Å². The van der Waals surface area contributed by atoms with Gasteiger partial charge in [0.1, 0.15) is 0 Å². The van der Waals surface area contributed by atoms with Gasteiger partial charge in [-0.05, 0) is 24.6 Å². The van der Waals surface area contributed by atoms with Crippen LogP contribution in [0.4, 0.5) is 4.79 Å². The van der Waals surface area contributed by atoms with Crippen LogP contribution in [0.1, 0.15) is 12.5 Å². The lowest BCUT2D eigenvalue weighted by Crippen LogP contribution is -2.28. The van der Waals surface area contributed by atoms with Gasteiger partial charge in [-0.1, -0.05) is 23.7 Å². The first kappa shape index (κ1) is 10.9. The fourth-order valence-electron chi connectivity index (χ4n) is 1.12. The predicted octanol–water partition coefficient (Wildman–Crippen LogP) is 2.84. The van der Waals surface area contributed by atoms with E-state index in [1.54, 1.807) is 12.1 Å². The Bertz CT molecular complexity index is 310. The highest BCUT2D eigenvalue weighted by Crippen LogP contribution is 2.11. The molecule has 0 aliphatic rings. The second kappa shape index (κ2) is 4.86. The zero-order chi connectivity index (χ0) is 10.6. The highest BCUT2D eigenvalue weighted by Gasteiger charge is 2.08. The van der Waals surface area contributed by atoms with Gasteiger partial charge in [-0.25, -0.2) is 4.79 Å². The lowest BCUT2D eigenvalue weighted by atomic mass is 10.2. The number of hydrogen-bond acceptors (Lipinski definition) is 1. The van der Waals surface area contributed by atoms with Crippen LogP contribution in [0.2, 0.25) is 5.02 Å². The summed E-state index contributed by atoms with van der Waals surface area (Å²) in [5.74, 6) is 0. The summed E-state index contributed by atoms with van der Waals surface area (Å²) in [7, 11) is 0. The molecule has 0 atom stereocenters. The maximum atomic E-state index is 10.7. The standard InChI is InChI=1S/C10H12ClNO2/c1-2-12(10(13)14)7-8-3-5-9(11)6-4-8/h3-6H,2,7H2,1H3,(H,13,14). The van der Waals surface area contributed by atoms with E-state index < -0.39 is 6.09 Å². The molecule has 4 heteroatoms. The van der Waals surface area contributed by atoms with Crippen molar-refractivity contribution >= 4 is 17.7 Å². The zero-order valence-corrected chi connectivity index (χ0v) is 8.66. The van der Waals surface area contributed by atoms with Gasteiger partial charge in [0.15, 0.2) is 0 Å². The van der Waals surface area contributed by atoms with Gasteiger partial charge in [0.25, 0.3) is 0 Å². The summed E-state index contributed by atoms with van der Waals surface area (Å²) in [5.41, 5.74) is 0.943. The molecule has 76 valence electrons. The molecule has 1 rings (SSSR count). The molecule has 0 aliphatic carbocycles. The average molecular weight is 214 g/mol. The summed E-state index contributed by atoms with van der Waals surface area (Å²) in [6.45, 7) is 2.70. The van der Waals surface area contributed by atoms with E-state index in [0.717, 1.165) is 5.56 Å². The van der Waals surface area contributed by atoms with Gasteiger partial charge in [0.05, 0.1) is 0 Å². The predicted molar refractivity (Wildman–Crippen MR) is 55.6 cm³/mol. The van der Waals surface area contributed by atoms with Crippen molar-refractivity contribution in [1.29, 1.82) is 0 Å². The van der Waals surface area contributed by atoms with Crippen molar-refractivity contribution in [3.05, 3.63) is 34.9 Å². The molecule has 1 N–H and O–H groups in total. The van der Waals surface area contributed by atoms with E-state index in [-0.39, 0.29) is 0 Å². The number of halogens is 1. The lowest BCUT2D eigenvalue weighted by Gasteiger charge is -2.16. The molecule has 0 unspecified atom stereocenters. The second-order valence-electron chi connectivity index (χ2n) is 2.92. The van der Waals surface area contributed by atoms with Crippen LogP contribution in [0, 0.1) is 0 Å². The third-order valence-electron chi connectivity index (χ3n) is 1.94. The van der Waals surface area contributed by atoms with E-state index in [1.807, 2.05) is 19.1 Å². The fourth-order valence-corrected chi connectivity index (χ4v) is 1.25. The molecule has 0 aromatic heterocycles. The number of carbonyl (C=O) groups is 1. The van der Waals surface area contributed by atoms with Crippen molar-refractivity contribution in [3.8, 4) is 0 Å². The van der Waals surface area contributed by atoms with Crippen LogP contribution in [0.5, 0.6) is 0 Å². The maximum Gasteiger partial charge on any atom is 0.407 e. The second-order valence-corrected chi connectivity index (χ2v) is 3.36. The molecule has 0 spiro atoms. The van der Waals surface area contributed by atoms with Crippen LogP contribution in [-0.2, 0) is 6.54 Å². The summed E-state index contributed by atoms with van der Waals surface area (Å²) >= 11 is 5.71. The molecular weight excluding hydrogens is 202 g/mol. The van der Waals surface area contributed by atoms with Crippen molar-refractivity contribution in [2.75, 3.05) is 6.54 Å². The molecule has 0 heterocycles. The van der Waals surface area contributed by atoms with Gasteiger partial charge in [-0.2, -0.15) is 0 Å². The Labute approximate surface area is 87.9 Å².